The number of hydrogen-bond acceptors (Lipinski definition) is 3. The molecule has 0 bridgehead atoms. The van der Waals surface area contributed by atoms with Gasteiger partial charge in [-0.25, -0.2) is 4.98 Å². The first-order valence-electron chi connectivity index (χ1n) is 9.52. The van der Waals surface area contributed by atoms with Crippen molar-refractivity contribution in [1.29, 1.82) is 0 Å². The number of aromatic nitrogens is 2. The van der Waals surface area contributed by atoms with E-state index in [9.17, 15) is 9.59 Å². The van der Waals surface area contributed by atoms with E-state index in [2.05, 4.69) is 20.9 Å². The molecule has 140 valence electrons. The molecule has 3 rings (SSSR count). The zero-order valence-electron chi connectivity index (χ0n) is 15.6. The fraction of sp³-hybridized carbons (Fsp3) is 0.550. The minimum atomic E-state index is 0.0274. The lowest BCUT2D eigenvalue weighted by molar-refractivity contribution is -0.138. The number of nitrogens with zero attached hydrogens (tertiary/aromatic N) is 3. The standard InChI is InChI=1S/C20H28N4O2/c1-15(2)20(26)23-12-8-16(9-13-23)19(25)21-10-5-11-24-14-22-17-6-3-4-7-18(17)24/h3-4,6-7,14-16H,5,8-13H2,1-2H3,(H,21,25). The second-order valence-corrected chi connectivity index (χ2v) is 7.33. The molecule has 0 spiro atoms. The van der Waals surface area contributed by atoms with Crippen molar-refractivity contribution in [3.63, 3.8) is 0 Å². The van der Waals surface area contributed by atoms with E-state index in [1.807, 2.05) is 43.3 Å². The van der Waals surface area contributed by atoms with Crippen LogP contribution in [-0.2, 0) is 16.1 Å². The van der Waals surface area contributed by atoms with Gasteiger partial charge < -0.3 is 14.8 Å². The van der Waals surface area contributed by atoms with Gasteiger partial charge in [-0.05, 0) is 31.4 Å². The summed E-state index contributed by atoms with van der Waals surface area (Å²) in [6.45, 7) is 6.72. The van der Waals surface area contributed by atoms with Crippen LogP contribution < -0.4 is 5.32 Å². The van der Waals surface area contributed by atoms with Gasteiger partial charge in [0.1, 0.15) is 0 Å². The van der Waals surface area contributed by atoms with Gasteiger partial charge in [0, 0.05) is 38.0 Å². The Balaban J connectivity index is 1.39. The van der Waals surface area contributed by atoms with E-state index in [1.54, 1.807) is 0 Å². The zero-order valence-corrected chi connectivity index (χ0v) is 15.6. The van der Waals surface area contributed by atoms with Crippen LogP contribution in [0, 0.1) is 11.8 Å². The minimum Gasteiger partial charge on any atom is -0.356 e. The number of benzene rings is 1. The fourth-order valence-corrected chi connectivity index (χ4v) is 3.52. The van der Waals surface area contributed by atoms with Gasteiger partial charge in [-0.1, -0.05) is 26.0 Å². The topological polar surface area (TPSA) is 67.2 Å². The summed E-state index contributed by atoms with van der Waals surface area (Å²) in [4.78, 5) is 30.6. The fourth-order valence-electron chi connectivity index (χ4n) is 3.52. The maximum atomic E-state index is 12.3. The van der Waals surface area contributed by atoms with Gasteiger partial charge in [-0.15, -0.1) is 0 Å². The molecule has 1 N–H and O–H groups in total. The Kier molecular flexibility index (Phi) is 5.91. The summed E-state index contributed by atoms with van der Waals surface area (Å²) >= 11 is 0. The van der Waals surface area contributed by atoms with E-state index in [1.165, 1.54) is 0 Å². The lowest BCUT2D eigenvalue weighted by atomic mass is 9.95. The van der Waals surface area contributed by atoms with E-state index < -0.39 is 0 Å². The van der Waals surface area contributed by atoms with Crippen LogP contribution in [-0.4, -0.2) is 45.9 Å². The molecule has 0 aliphatic carbocycles. The molecule has 1 fully saturated rings. The van der Waals surface area contributed by atoms with E-state index >= 15 is 0 Å². The summed E-state index contributed by atoms with van der Waals surface area (Å²) in [6, 6.07) is 8.07. The summed E-state index contributed by atoms with van der Waals surface area (Å²) in [5.74, 6) is 0.369. The average molecular weight is 356 g/mol. The third kappa shape index (κ3) is 4.23. The summed E-state index contributed by atoms with van der Waals surface area (Å²) in [6.07, 6.45) is 4.25. The molecule has 26 heavy (non-hydrogen) atoms. The van der Waals surface area contributed by atoms with Gasteiger partial charge in [-0.2, -0.15) is 0 Å². The highest BCUT2D eigenvalue weighted by molar-refractivity contribution is 5.80. The first-order valence-corrected chi connectivity index (χ1v) is 9.52. The van der Waals surface area contributed by atoms with Gasteiger partial charge in [-0.3, -0.25) is 9.59 Å². The SMILES string of the molecule is CC(C)C(=O)N1CCC(C(=O)NCCCn2cnc3ccccc32)CC1. The molecule has 2 amide bonds. The number of nitrogens with one attached hydrogen (secondary N) is 1. The lowest BCUT2D eigenvalue weighted by Gasteiger charge is -2.32. The van der Waals surface area contributed by atoms with Crippen LogP contribution in [0.5, 0.6) is 0 Å². The van der Waals surface area contributed by atoms with Crippen molar-refractivity contribution in [2.75, 3.05) is 19.6 Å². The normalized spacial score (nSPS) is 15.6. The van der Waals surface area contributed by atoms with Crippen molar-refractivity contribution < 1.29 is 9.59 Å². The molecule has 2 aromatic rings. The maximum absolute atomic E-state index is 12.3. The molecule has 6 heteroatoms. The first-order chi connectivity index (χ1) is 12.6. The number of piperidine rings is 1. The van der Waals surface area contributed by atoms with Crippen LogP contribution in [0.3, 0.4) is 0 Å². The number of fused-ring (bicyclic) bond motifs is 1. The summed E-state index contributed by atoms with van der Waals surface area (Å²) in [5, 5.41) is 3.05. The maximum Gasteiger partial charge on any atom is 0.225 e. The third-order valence-corrected chi connectivity index (χ3v) is 5.07. The van der Waals surface area contributed by atoms with E-state index in [0.717, 1.165) is 36.8 Å². The molecule has 0 unspecified atom stereocenters. The number of likely N-dealkylation sites (tertiary alicyclic amines) is 1. The molecular formula is C20H28N4O2. The Morgan fingerprint density at radius 1 is 1.23 bits per heavy atom. The molecule has 1 aromatic heterocycles. The summed E-state index contributed by atoms with van der Waals surface area (Å²) < 4.78 is 2.12. The van der Waals surface area contributed by atoms with Gasteiger partial charge in [0.15, 0.2) is 0 Å². The van der Waals surface area contributed by atoms with Gasteiger partial charge in [0.05, 0.1) is 17.4 Å². The molecular weight excluding hydrogens is 328 g/mol. The first kappa shape index (κ1) is 18.4. The Bertz CT molecular complexity index is 760. The number of hydrogen-bond donors (Lipinski definition) is 1. The van der Waals surface area contributed by atoms with Crippen LogP contribution in [0.4, 0.5) is 0 Å². The highest BCUT2D eigenvalue weighted by atomic mass is 16.2. The number of para-hydroxylation sites is 2. The predicted molar refractivity (Wildman–Crippen MR) is 102 cm³/mol. The number of carbonyl (C=O) groups excluding carboxylic acids is 2. The molecule has 1 saturated heterocycles. The Hall–Kier alpha value is -2.37. The molecule has 0 atom stereocenters. The Labute approximate surface area is 154 Å². The largest absolute Gasteiger partial charge is 0.356 e. The molecule has 0 radical (unpaired) electrons. The molecule has 1 aliphatic rings. The number of aryl methyl sites for hydroxylation is 1. The molecule has 1 aliphatic heterocycles. The Morgan fingerprint density at radius 3 is 2.69 bits per heavy atom. The number of amides is 2. The zero-order chi connectivity index (χ0) is 18.5. The van der Waals surface area contributed by atoms with Crippen molar-refractivity contribution in [3.05, 3.63) is 30.6 Å². The number of imidazole rings is 1. The molecule has 2 heterocycles. The smallest absolute Gasteiger partial charge is 0.225 e. The van der Waals surface area contributed by atoms with Gasteiger partial charge in [0.25, 0.3) is 0 Å². The lowest BCUT2D eigenvalue weighted by Crippen LogP contribution is -2.44. The number of carbonyl (C=O) groups is 2. The van der Waals surface area contributed by atoms with Crippen LogP contribution >= 0.6 is 0 Å². The van der Waals surface area contributed by atoms with E-state index in [4.69, 9.17) is 0 Å². The third-order valence-electron chi connectivity index (χ3n) is 5.07. The second kappa shape index (κ2) is 8.34. The minimum absolute atomic E-state index is 0.0274. The molecule has 6 nitrogen and oxygen atoms in total. The average Bonchev–Trinajstić information content (AvgIpc) is 3.07. The second-order valence-electron chi connectivity index (χ2n) is 7.33. The summed E-state index contributed by atoms with van der Waals surface area (Å²) in [5.41, 5.74) is 2.13. The summed E-state index contributed by atoms with van der Waals surface area (Å²) in [7, 11) is 0. The van der Waals surface area contributed by atoms with Crippen LogP contribution in [0.1, 0.15) is 33.1 Å². The Morgan fingerprint density at radius 2 is 1.96 bits per heavy atom. The van der Waals surface area contributed by atoms with Crippen LogP contribution in [0.25, 0.3) is 11.0 Å². The highest BCUT2D eigenvalue weighted by Gasteiger charge is 2.27. The van der Waals surface area contributed by atoms with Crippen molar-refractivity contribution in [1.82, 2.24) is 19.8 Å². The highest BCUT2D eigenvalue weighted by Crippen LogP contribution is 2.19. The van der Waals surface area contributed by atoms with Crippen molar-refractivity contribution in [3.8, 4) is 0 Å². The van der Waals surface area contributed by atoms with Crippen molar-refractivity contribution in [2.24, 2.45) is 11.8 Å². The van der Waals surface area contributed by atoms with Crippen LogP contribution in [0.15, 0.2) is 30.6 Å². The number of rotatable bonds is 6. The van der Waals surface area contributed by atoms with Crippen LogP contribution in [0.2, 0.25) is 0 Å². The van der Waals surface area contributed by atoms with E-state index in [-0.39, 0.29) is 23.7 Å². The van der Waals surface area contributed by atoms with E-state index in [0.29, 0.717) is 19.6 Å². The molecule has 1 aromatic carbocycles. The predicted octanol–water partition coefficient (Wildman–Crippen LogP) is 2.44. The van der Waals surface area contributed by atoms with Gasteiger partial charge >= 0.3 is 0 Å². The van der Waals surface area contributed by atoms with Gasteiger partial charge in [0.2, 0.25) is 11.8 Å². The quantitative estimate of drug-likeness (QED) is 0.809. The van der Waals surface area contributed by atoms with Crippen molar-refractivity contribution >= 4 is 22.8 Å². The van der Waals surface area contributed by atoms with Crippen molar-refractivity contribution in [2.45, 2.75) is 39.7 Å². The molecule has 0 saturated carbocycles. The monoisotopic (exact) mass is 356 g/mol.